The largest absolute Gasteiger partial charge is 0.479 e. The quantitative estimate of drug-likeness (QED) is 0.679. The number of unbranched alkanes of at least 4 members (excludes halogenated alkanes) is 2. The second-order valence-corrected chi connectivity index (χ2v) is 6.93. The molecule has 0 atom stereocenters. The maximum atomic E-state index is 5.90. The number of rotatable bonds is 8. The van der Waals surface area contributed by atoms with Crippen molar-refractivity contribution in [1.82, 2.24) is 14.3 Å². The van der Waals surface area contributed by atoms with Crippen LogP contribution >= 0.6 is 11.8 Å². The van der Waals surface area contributed by atoms with Gasteiger partial charge in [0, 0.05) is 24.8 Å². The minimum atomic E-state index is 0.761. The third-order valence-corrected chi connectivity index (χ3v) is 5.14. The van der Waals surface area contributed by atoms with Crippen LogP contribution in [0.15, 0.2) is 41.6 Å². The van der Waals surface area contributed by atoms with Crippen LogP contribution in [0.5, 0.6) is 5.88 Å². The minimum absolute atomic E-state index is 0.761. The second kappa shape index (κ2) is 8.41. The number of nitrogens with zero attached hydrogens (tertiary/aromatic N) is 3. The van der Waals surface area contributed by atoms with E-state index in [0.717, 1.165) is 43.5 Å². The van der Waals surface area contributed by atoms with Crippen molar-refractivity contribution >= 4 is 17.4 Å². The Labute approximate surface area is 142 Å². The fourth-order valence-electron chi connectivity index (χ4n) is 2.71. The van der Waals surface area contributed by atoms with Gasteiger partial charge in [0.05, 0.1) is 6.61 Å². The highest BCUT2D eigenvalue weighted by Crippen LogP contribution is 2.27. The topological polar surface area (TPSA) is 29.8 Å². The lowest BCUT2D eigenvalue weighted by atomic mass is 10.3. The summed E-state index contributed by atoms with van der Waals surface area (Å²) in [7, 11) is 0. The number of hydrogen-bond acceptors (Lipinski definition) is 4. The van der Waals surface area contributed by atoms with Crippen LogP contribution in [0.3, 0.4) is 0 Å². The molecule has 23 heavy (non-hydrogen) atoms. The fraction of sp³-hybridized carbons (Fsp3) is 0.500. The predicted octanol–water partition coefficient (Wildman–Crippen LogP) is 4.18. The summed E-state index contributed by atoms with van der Waals surface area (Å²) in [6, 6.07) is 5.97. The summed E-state index contributed by atoms with van der Waals surface area (Å²) in [4.78, 5) is 8.35. The molecule has 3 heterocycles. The van der Waals surface area contributed by atoms with E-state index in [-0.39, 0.29) is 0 Å². The zero-order valence-electron chi connectivity index (χ0n) is 13.8. The maximum absolute atomic E-state index is 5.90. The van der Waals surface area contributed by atoms with Gasteiger partial charge >= 0.3 is 0 Å². The van der Waals surface area contributed by atoms with Crippen LogP contribution in [0, 0.1) is 0 Å². The van der Waals surface area contributed by atoms with E-state index in [1.165, 1.54) is 19.3 Å². The maximum Gasteiger partial charge on any atom is 0.199 e. The predicted molar refractivity (Wildman–Crippen MR) is 96.9 cm³/mol. The Kier molecular flexibility index (Phi) is 6.00. The SMILES string of the molecule is CCCC=C1CN(CCCCOc2cccc3nccn23)CS1. The summed E-state index contributed by atoms with van der Waals surface area (Å²) < 4.78 is 7.89. The molecule has 0 radical (unpaired) electrons. The van der Waals surface area contributed by atoms with Crippen molar-refractivity contribution in [2.75, 3.05) is 25.6 Å². The van der Waals surface area contributed by atoms with Gasteiger partial charge in [0.25, 0.3) is 0 Å². The van der Waals surface area contributed by atoms with Gasteiger partial charge in [0.1, 0.15) is 5.65 Å². The third-order valence-electron chi connectivity index (χ3n) is 3.98. The number of allylic oxidation sites excluding steroid dienone is 1. The van der Waals surface area contributed by atoms with Crippen molar-refractivity contribution in [2.45, 2.75) is 32.6 Å². The molecule has 5 heteroatoms. The number of pyridine rings is 1. The van der Waals surface area contributed by atoms with Crippen molar-refractivity contribution in [3.8, 4) is 5.88 Å². The summed E-state index contributed by atoms with van der Waals surface area (Å²) in [5, 5.41) is 0. The first kappa shape index (κ1) is 16.4. The van der Waals surface area contributed by atoms with Gasteiger partial charge in [-0.3, -0.25) is 9.30 Å². The molecule has 0 aromatic carbocycles. The zero-order chi connectivity index (χ0) is 15.9. The molecule has 0 N–H and O–H groups in total. The number of aromatic nitrogens is 2. The Morgan fingerprint density at radius 3 is 3.22 bits per heavy atom. The number of thioether (sulfide) groups is 1. The molecule has 4 nitrogen and oxygen atoms in total. The summed E-state index contributed by atoms with van der Waals surface area (Å²) in [5.41, 5.74) is 0.933. The van der Waals surface area contributed by atoms with Gasteiger partial charge in [-0.2, -0.15) is 0 Å². The van der Waals surface area contributed by atoms with Gasteiger partial charge in [-0.25, -0.2) is 4.98 Å². The highest BCUT2D eigenvalue weighted by Gasteiger charge is 2.15. The summed E-state index contributed by atoms with van der Waals surface area (Å²) in [6.45, 7) is 5.30. The number of hydrogen-bond donors (Lipinski definition) is 0. The summed E-state index contributed by atoms with van der Waals surface area (Å²) in [5.74, 6) is 2.02. The van der Waals surface area contributed by atoms with E-state index in [9.17, 15) is 0 Å². The molecule has 0 bridgehead atoms. The van der Waals surface area contributed by atoms with Gasteiger partial charge in [-0.1, -0.05) is 25.5 Å². The fourth-order valence-corrected chi connectivity index (χ4v) is 3.79. The van der Waals surface area contributed by atoms with Crippen LogP contribution in [0.25, 0.3) is 5.65 Å². The Balaban J connectivity index is 1.36. The van der Waals surface area contributed by atoms with Crippen molar-refractivity contribution < 1.29 is 4.74 Å². The van der Waals surface area contributed by atoms with Crippen LogP contribution in [-0.2, 0) is 0 Å². The van der Waals surface area contributed by atoms with Gasteiger partial charge in [-0.15, -0.1) is 11.8 Å². The van der Waals surface area contributed by atoms with Crippen molar-refractivity contribution in [2.24, 2.45) is 0 Å². The van der Waals surface area contributed by atoms with Crippen molar-refractivity contribution in [1.29, 1.82) is 0 Å². The van der Waals surface area contributed by atoms with Gasteiger partial charge in [0.15, 0.2) is 5.88 Å². The lowest BCUT2D eigenvalue weighted by Gasteiger charge is -2.13. The standard InChI is InChI=1S/C18H25N3OS/c1-2-3-7-16-14-20(15-23-16)11-4-5-13-22-18-9-6-8-17-19-10-12-21(17)18/h6-10,12H,2-5,11,13-15H2,1H3. The van der Waals surface area contributed by atoms with E-state index in [1.807, 2.05) is 40.6 Å². The molecule has 0 spiro atoms. The first-order chi connectivity index (χ1) is 11.4. The molecule has 3 rings (SSSR count). The zero-order valence-corrected chi connectivity index (χ0v) is 14.6. The Morgan fingerprint density at radius 1 is 1.35 bits per heavy atom. The van der Waals surface area contributed by atoms with Crippen LogP contribution in [-0.4, -0.2) is 39.9 Å². The molecule has 1 saturated heterocycles. The van der Waals surface area contributed by atoms with Gasteiger partial charge in [-0.05, 0) is 42.8 Å². The van der Waals surface area contributed by atoms with Crippen molar-refractivity contribution in [3.63, 3.8) is 0 Å². The smallest absolute Gasteiger partial charge is 0.199 e. The van der Waals surface area contributed by atoms with Crippen LogP contribution in [0.1, 0.15) is 32.6 Å². The highest BCUT2D eigenvalue weighted by atomic mass is 32.2. The molecule has 0 saturated carbocycles. The average molecular weight is 331 g/mol. The number of fused-ring (bicyclic) bond motifs is 1. The molecule has 1 aliphatic rings. The van der Waals surface area contributed by atoms with E-state index in [4.69, 9.17) is 4.74 Å². The van der Waals surface area contributed by atoms with E-state index >= 15 is 0 Å². The van der Waals surface area contributed by atoms with Crippen LogP contribution in [0.4, 0.5) is 0 Å². The molecule has 0 amide bonds. The summed E-state index contributed by atoms with van der Waals surface area (Å²) in [6.07, 6.45) is 10.9. The van der Waals surface area contributed by atoms with E-state index in [1.54, 1.807) is 11.1 Å². The average Bonchev–Trinajstić information content (AvgIpc) is 3.22. The molecule has 2 aromatic heterocycles. The second-order valence-electron chi connectivity index (χ2n) is 5.86. The first-order valence-corrected chi connectivity index (χ1v) is 9.44. The van der Waals surface area contributed by atoms with Gasteiger partial charge in [0.2, 0.25) is 0 Å². The lowest BCUT2D eigenvalue weighted by Crippen LogP contribution is -2.20. The van der Waals surface area contributed by atoms with Crippen molar-refractivity contribution in [3.05, 3.63) is 41.6 Å². The minimum Gasteiger partial charge on any atom is -0.479 e. The molecular weight excluding hydrogens is 306 g/mol. The Morgan fingerprint density at radius 2 is 2.30 bits per heavy atom. The van der Waals surface area contributed by atoms with E-state index in [2.05, 4.69) is 22.9 Å². The molecule has 0 unspecified atom stereocenters. The number of imidazole rings is 1. The molecule has 1 aliphatic heterocycles. The van der Waals surface area contributed by atoms with Crippen LogP contribution < -0.4 is 4.74 Å². The van der Waals surface area contributed by atoms with E-state index in [0.29, 0.717) is 0 Å². The normalized spacial score (nSPS) is 17.3. The molecular formula is C18H25N3OS. The third kappa shape index (κ3) is 4.52. The van der Waals surface area contributed by atoms with Gasteiger partial charge < -0.3 is 4.74 Å². The molecule has 2 aromatic rings. The Hall–Kier alpha value is -1.46. The van der Waals surface area contributed by atoms with E-state index < -0.39 is 0 Å². The number of ether oxygens (including phenoxy) is 1. The Bertz CT molecular complexity index is 653. The lowest BCUT2D eigenvalue weighted by molar-refractivity contribution is 0.275. The monoisotopic (exact) mass is 331 g/mol. The molecule has 1 fully saturated rings. The molecule has 124 valence electrons. The highest BCUT2D eigenvalue weighted by molar-refractivity contribution is 8.03. The summed E-state index contributed by atoms with van der Waals surface area (Å²) >= 11 is 2.00. The first-order valence-electron chi connectivity index (χ1n) is 8.46. The van der Waals surface area contributed by atoms with Crippen LogP contribution in [0.2, 0.25) is 0 Å². The molecule has 0 aliphatic carbocycles.